The van der Waals surface area contributed by atoms with Crippen LogP contribution in [0, 0.1) is 40.4 Å². The van der Waals surface area contributed by atoms with Crippen molar-refractivity contribution in [3.63, 3.8) is 0 Å². The Morgan fingerprint density at radius 2 is 1.92 bits per heavy atom. The van der Waals surface area contributed by atoms with Gasteiger partial charge in [0.25, 0.3) is 0 Å². The van der Waals surface area contributed by atoms with Crippen LogP contribution in [0.15, 0.2) is 11.6 Å². The van der Waals surface area contributed by atoms with E-state index in [2.05, 4.69) is 6.08 Å². The average molecular weight is 511 g/mol. The van der Waals surface area contributed by atoms with Crippen LogP contribution < -0.4 is 0 Å². The molecule has 10 unspecified atom stereocenters. The third kappa shape index (κ3) is 3.98. The summed E-state index contributed by atoms with van der Waals surface area (Å²) in [5.74, 6) is -1.52. The number of carboxylic acids is 1. The maximum absolute atomic E-state index is 12.9. The van der Waals surface area contributed by atoms with Gasteiger partial charge in [-0.15, -0.1) is 0 Å². The summed E-state index contributed by atoms with van der Waals surface area (Å²) in [6, 6.07) is 0. The predicted molar refractivity (Wildman–Crippen MR) is 129 cm³/mol. The van der Waals surface area contributed by atoms with Crippen molar-refractivity contribution in [3.8, 4) is 0 Å². The molecule has 2 bridgehead atoms. The van der Waals surface area contributed by atoms with Gasteiger partial charge < -0.3 is 39.4 Å². The zero-order valence-corrected chi connectivity index (χ0v) is 21.9. The molecule has 0 aromatic carbocycles. The van der Waals surface area contributed by atoms with E-state index in [1.54, 1.807) is 6.92 Å². The van der Waals surface area contributed by atoms with Crippen molar-refractivity contribution in [3.05, 3.63) is 11.6 Å². The van der Waals surface area contributed by atoms with Gasteiger partial charge in [-0.05, 0) is 62.2 Å². The number of allylic oxidation sites excluding steroid dienone is 1. The second kappa shape index (κ2) is 10.1. The molecule has 4 rings (SSSR count). The lowest BCUT2D eigenvalue weighted by Crippen LogP contribution is -2.58. The van der Waals surface area contributed by atoms with Gasteiger partial charge in [0.2, 0.25) is 0 Å². The van der Waals surface area contributed by atoms with E-state index in [0.29, 0.717) is 25.7 Å². The Balaban J connectivity index is 1.55. The highest BCUT2D eigenvalue weighted by Crippen LogP contribution is 2.70. The van der Waals surface area contributed by atoms with Crippen molar-refractivity contribution in [1.29, 1.82) is 0 Å². The predicted octanol–water partition coefficient (Wildman–Crippen LogP) is 1.77. The van der Waals surface area contributed by atoms with E-state index in [0.717, 1.165) is 11.9 Å². The smallest absolute Gasteiger partial charge is 0.314 e. The molecule has 3 aliphatic carbocycles. The van der Waals surface area contributed by atoms with E-state index in [4.69, 9.17) is 14.2 Å². The number of aliphatic carboxylic acids is 1. The van der Waals surface area contributed by atoms with Crippen LogP contribution >= 0.6 is 0 Å². The molecule has 0 aromatic heterocycles. The van der Waals surface area contributed by atoms with E-state index < -0.39 is 53.6 Å². The van der Waals surface area contributed by atoms with Gasteiger partial charge in [0.1, 0.15) is 30.0 Å². The number of fused-ring (bicyclic) bond motifs is 2. The quantitative estimate of drug-likeness (QED) is 0.270. The van der Waals surface area contributed by atoms with Crippen molar-refractivity contribution >= 4 is 12.3 Å². The number of hydrogen-bond donors (Lipinski definition) is 4. The van der Waals surface area contributed by atoms with E-state index in [-0.39, 0.29) is 36.2 Å². The minimum atomic E-state index is -1.28. The Labute approximate surface area is 212 Å². The lowest BCUT2D eigenvalue weighted by atomic mass is 9.52. The molecular formula is C27H42O9. The summed E-state index contributed by atoms with van der Waals surface area (Å²) in [4.78, 5) is 25.8. The number of hydrogen-bond acceptors (Lipinski definition) is 8. The Kier molecular flexibility index (Phi) is 7.74. The van der Waals surface area contributed by atoms with Gasteiger partial charge in [-0.1, -0.05) is 32.4 Å². The fourth-order valence-electron chi connectivity index (χ4n) is 8.11. The van der Waals surface area contributed by atoms with Crippen LogP contribution in [0.25, 0.3) is 0 Å². The van der Waals surface area contributed by atoms with Crippen molar-refractivity contribution in [2.24, 2.45) is 40.4 Å². The molecule has 204 valence electrons. The Morgan fingerprint density at radius 1 is 1.22 bits per heavy atom. The minimum absolute atomic E-state index is 0.00513. The van der Waals surface area contributed by atoms with Gasteiger partial charge in [-0.3, -0.25) is 4.79 Å². The third-order valence-electron chi connectivity index (χ3n) is 9.81. The summed E-state index contributed by atoms with van der Waals surface area (Å²) in [6.45, 7) is 7.79. The molecule has 9 heteroatoms. The maximum atomic E-state index is 12.9. The molecule has 4 N–H and O–H groups in total. The largest absolute Gasteiger partial charge is 0.481 e. The van der Waals surface area contributed by atoms with Crippen LogP contribution in [-0.4, -0.2) is 83.2 Å². The van der Waals surface area contributed by atoms with Crippen LogP contribution in [0.1, 0.15) is 53.4 Å². The van der Waals surface area contributed by atoms with E-state index in [1.165, 1.54) is 7.11 Å². The summed E-state index contributed by atoms with van der Waals surface area (Å²) in [5.41, 5.74) is -1.51. The van der Waals surface area contributed by atoms with Crippen molar-refractivity contribution < 1.29 is 44.2 Å². The monoisotopic (exact) mass is 510 g/mol. The fraction of sp³-hybridized carbons (Fsp3) is 0.852. The SMILES string of the molecule is COC1C(C)OC(OCCC2C(C)C(O)CC2C2(C=O)C[C@H]3C=C(C(C)C)[C@@]2(C(=O)O)C3)C(O)C1O. The van der Waals surface area contributed by atoms with Gasteiger partial charge in [0, 0.05) is 12.5 Å². The molecule has 1 aliphatic heterocycles. The summed E-state index contributed by atoms with van der Waals surface area (Å²) in [7, 11) is 1.44. The molecular weight excluding hydrogens is 468 g/mol. The number of aldehydes is 1. The molecule has 0 radical (unpaired) electrons. The van der Waals surface area contributed by atoms with E-state index in [1.807, 2.05) is 20.8 Å². The van der Waals surface area contributed by atoms with Gasteiger partial charge in [-0.25, -0.2) is 0 Å². The molecule has 36 heavy (non-hydrogen) atoms. The molecule has 12 atom stereocenters. The second-order valence-electron chi connectivity index (χ2n) is 11.8. The zero-order valence-electron chi connectivity index (χ0n) is 21.9. The zero-order chi connectivity index (χ0) is 26.6. The highest BCUT2D eigenvalue weighted by molar-refractivity contribution is 5.88. The van der Waals surface area contributed by atoms with Crippen LogP contribution in [0.2, 0.25) is 0 Å². The molecule has 2 saturated carbocycles. The lowest BCUT2D eigenvalue weighted by molar-refractivity contribution is -0.297. The lowest BCUT2D eigenvalue weighted by Gasteiger charge is -2.48. The van der Waals surface area contributed by atoms with Gasteiger partial charge in [-0.2, -0.15) is 0 Å². The van der Waals surface area contributed by atoms with Gasteiger partial charge in [0.05, 0.1) is 18.8 Å². The molecule has 1 saturated heterocycles. The topological polar surface area (TPSA) is 143 Å². The summed E-state index contributed by atoms with van der Waals surface area (Å²) >= 11 is 0. The first-order valence-corrected chi connectivity index (χ1v) is 13.2. The van der Waals surface area contributed by atoms with Crippen LogP contribution in [0.3, 0.4) is 0 Å². The summed E-state index contributed by atoms with van der Waals surface area (Å²) < 4.78 is 16.8. The maximum Gasteiger partial charge on any atom is 0.314 e. The number of rotatable bonds is 9. The first-order valence-electron chi connectivity index (χ1n) is 13.2. The number of carboxylic acid groups (broad SMARTS) is 1. The number of carbonyl (C=O) groups is 2. The van der Waals surface area contributed by atoms with Crippen LogP contribution in [0.4, 0.5) is 0 Å². The highest BCUT2D eigenvalue weighted by atomic mass is 16.7. The number of carbonyl (C=O) groups excluding carboxylic acids is 1. The average Bonchev–Trinajstić information content (AvgIpc) is 3.47. The first-order chi connectivity index (χ1) is 16.9. The molecule has 0 aromatic rings. The van der Waals surface area contributed by atoms with Gasteiger partial charge >= 0.3 is 5.97 Å². The van der Waals surface area contributed by atoms with Crippen molar-refractivity contribution in [1.82, 2.24) is 0 Å². The first kappa shape index (κ1) is 27.7. The second-order valence-corrected chi connectivity index (χ2v) is 11.8. The molecule has 1 heterocycles. The molecule has 0 spiro atoms. The third-order valence-corrected chi connectivity index (χ3v) is 9.81. The van der Waals surface area contributed by atoms with Crippen molar-refractivity contribution in [2.75, 3.05) is 13.7 Å². The normalized spacial score (nSPS) is 48.4. The minimum Gasteiger partial charge on any atom is -0.481 e. The number of aliphatic hydroxyl groups excluding tert-OH is 3. The number of ether oxygens (including phenoxy) is 3. The van der Waals surface area contributed by atoms with Gasteiger partial charge in [0.15, 0.2) is 6.29 Å². The Bertz CT molecular complexity index is 873. The summed E-state index contributed by atoms with van der Waals surface area (Å²) in [5, 5.41) is 42.2. The Hall–Kier alpha value is -1.36. The molecule has 0 amide bonds. The molecule has 4 aliphatic rings. The number of methoxy groups -OCH3 is 1. The van der Waals surface area contributed by atoms with E-state index >= 15 is 0 Å². The summed E-state index contributed by atoms with van der Waals surface area (Å²) in [6.07, 6.45) is -0.593. The van der Waals surface area contributed by atoms with Crippen LogP contribution in [-0.2, 0) is 23.8 Å². The highest BCUT2D eigenvalue weighted by Gasteiger charge is 2.71. The standard InChI is InChI=1S/C27H42O9/c1-13(2)18-8-16-10-26(12-28,27(18,11-16)25(32)33)19-9-20(29)14(3)17(19)6-7-35-24-22(31)21(30)23(34-5)15(4)36-24/h8,12-17,19-24,29-31H,6-7,9-11H2,1-5H3,(H,32,33)/t14?,15?,16-,17?,19?,20?,21?,22?,23?,24?,26?,27-/m1/s1. The fourth-order valence-corrected chi connectivity index (χ4v) is 8.11. The molecule has 9 nitrogen and oxygen atoms in total. The number of aliphatic hydroxyl groups is 3. The van der Waals surface area contributed by atoms with Crippen molar-refractivity contribution in [2.45, 2.75) is 90.2 Å². The van der Waals surface area contributed by atoms with E-state index in [9.17, 15) is 30.0 Å². The van der Waals surface area contributed by atoms with Crippen LogP contribution in [0.5, 0.6) is 0 Å². The Morgan fingerprint density at radius 3 is 2.50 bits per heavy atom. The molecule has 3 fully saturated rings.